The molecule has 1 atom stereocenters. The third kappa shape index (κ3) is 11.0. The molecule has 1 amide bonds. The van der Waals surface area contributed by atoms with Crippen molar-refractivity contribution < 1.29 is 32.4 Å². The normalized spacial score (nSPS) is 21.8. The van der Waals surface area contributed by atoms with Crippen LogP contribution in [0.2, 0.25) is 0 Å². The zero-order valence-corrected chi connectivity index (χ0v) is 42.5. The van der Waals surface area contributed by atoms with Crippen LogP contribution in [0, 0.1) is 27.3 Å². The Kier molecular flexibility index (Phi) is 14.1. The van der Waals surface area contributed by atoms with Gasteiger partial charge in [0.15, 0.2) is 0 Å². The van der Waals surface area contributed by atoms with Crippen LogP contribution in [0.5, 0.6) is 11.5 Å². The number of nitrogens with one attached hydrogen (secondary N) is 3. The van der Waals surface area contributed by atoms with Crippen molar-refractivity contribution in [1.82, 2.24) is 24.5 Å². The molecule has 2 aliphatic carbocycles. The minimum Gasteiger partial charge on any atom is -0.455 e. The number of sulfonamides is 1. The van der Waals surface area contributed by atoms with Gasteiger partial charge >= 0.3 is 0 Å². The molecule has 0 bridgehead atoms. The maximum atomic E-state index is 14.8. The topological polar surface area (TPSA) is 186 Å². The molecule has 73 heavy (non-hydrogen) atoms. The Balaban J connectivity index is 0.834. The lowest BCUT2D eigenvalue weighted by Crippen LogP contribution is -2.60. The first-order valence-electron chi connectivity index (χ1n) is 25.6. The van der Waals surface area contributed by atoms with Crippen molar-refractivity contribution in [3.05, 3.63) is 148 Å². The molecule has 4 N–H and O–H groups in total. The Bertz CT molecular complexity index is 3100. The molecule has 4 heterocycles. The first-order valence-corrected chi connectivity index (χ1v) is 27.1. The summed E-state index contributed by atoms with van der Waals surface area (Å²) in [5, 5.41) is 26.5. The lowest BCUT2D eigenvalue weighted by molar-refractivity contribution is -0.384. The number of hydrogen-bond acceptors (Lipinski definition) is 12. The lowest BCUT2D eigenvalue weighted by atomic mass is 9.59. The number of ether oxygens (including phenoxy) is 1. The number of pyridine rings is 1. The first kappa shape index (κ1) is 50.1. The molecule has 1 spiro atoms. The van der Waals surface area contributed by atoms with Gasteiger partial charge in [0.1, 0.15) is 28.7 Å². The van der Waals surface area contributed by atoms with Crippen LogP contribution < -0.4 is 19.7 Å². The van der Waals surface area contributed by atoms with E-state index in [0.29, 0.717) is 49.3 Å². The second kappa shape index (κ2) is 20.5. The van der Waals surface area contributed by atoms with E-state index in [2.05, 4.69) is 72.8 Å². The van der Waals surface area contributed by atoms with E-state index >= 15 is 0 Å². The number of halogens is 1. The summed E-state index contributed by atoms with van der Waals surface area (Å²) in [4.78, 5) is 40.2. The van der Waals surface area contributed by atoms with Crippen LogP contribution in [-0.4, -0.2) is 95.0 Å². The molecule has 2 saturated carbocycles. The van der Waals surface area contributed by atoms with Crippen LogP contribution in [0.1, 0.15) is 111 Å². The number of benzene rings is 4. The predicted octanol–water partition coefficient (Wildman–Crippen LogP) is 10.3. The Morgan fingerprint density at radius 3 is 2.47 bits per heavy atom. The molecule has 15 nitrogen and oxygen atoms in total. The number of H-pyrrole nitrogens is 1. The molecule has 1 unspecified atom stereocenters. The molecular formula is C56H65FN8O7S. The van der Waals surface area contributed by atoms with Gasteiger partial charge in [-0.05, 0) is 129 Å². The van der Waals surface area contributed by atoms with E-state index in [-0.39, 0.29) is 40.2 Å². The zero-order chi connectivity index (χ0) is 51.1. The summed E-state index contributed by atoms with van der Waals surface area (Å²) in [6.45, 7) is 11.5. The Hall–Kier alpha value is -6.40. The summed E-state index contributed by atoms with van der Waals surface area (Å²) in [7, 11) is -4.60. The highest BCUT2D eigenvalue weighted by molar-refractivity contribution is 7.90. The fraction of sp³-hybridized carbons (Fsp3) is 0.429. The number of carbonyl (C=O) groups excluding carboxylic acids is 1. The van der Waals surface area contributed by atoms with E-state index in [1.807, 2.05) is 25.1 Å². The van der Waals surface area contributed by atoms with Crippen LogP contribution in [0.3, 0.4) is 0 Å². The number of nitro groups is 1. The zero-order valence-electron chi connectivity index (χ0n) is 41.7. The van der Waals surface area contributed by atoms with Crippen molar-refractivity contribution in [3.8, 4) is 11.5 Å². The number of amides is 1. The minimum absolute atomic E-state index is 0.0429. The number of hydrogen-bond donors (Lipinski definition) is 4. The second-order valence-electron chi connectivity index (χ2n) is 21.5. The van der Waals surface area contributed by atoms with Crippen LogP contribution in [0.4, 0.5) is 21.5 Å². The van der Waals surface area contributed by atoms with Crippen molar-refractivity contribution in [3.63, 3.8) is 0 Å². The molecule has 2 aliphatic heterocycles. The first-order chi connectivity index (χ1) is 35.0. The largest absolute Gasteiger partial charge is 0.455 e. The number of rotatable bonds is 15. The van der Waals surface area contributed by atoms with Crippen LogP contribution >= 0.6 is 0 Å². The Labute approximate surface area is 426 Å². The summed E-state index contributed by atoms with van der Waals surface area (Å²) in [6, 6.07) is 28.8. The number of aromatic amines is 1. The summed E-state index contributed by atoms with van der Waals surface area (Å²) in [5.74, 6) is -0.0862. The molecule has 2 saturated heterocycles. The van der Waals surface area contributed by atoms with Crippen molar-refractivity contribution in [1.29, 1.82) is 0 Å². The lowest BCUT2D eigenvalue weighted by Gasteiger charge is -2.58. The van der Waals surface area contributed by atoms with Gasteiger partial charge in [-0.25, -0.2) is 22.5 Å². The molecule has 10 rings (SSSR count). The van der Waals surface area contributed by atoms with E-state index < -0.39 is 37.0 Å². The van der Waals surface area contributed by atoms with Gasteiger partial charge in [0, 0.05) is 92.9 Å². The average molecular weight is 1010 g/mol. The molecule has 0 radical (unpaired) electrons. The van der Waals surface area contributed by atoms with Gasteiger partial charge in [-0.3, -0.25) is 24.7 Å². The summed E-state index contributed by atoms with van der Waals surface area (Å²) in [6.07, 6.45) is 10.2. The third-order valence-corrected chi connectivity index (χ3v) is 17.4. The average Bonchev–Trinajstić information content (AvgIpc) is 3.84. The number of piperidine rings is 1. The van der Waals surface area contributed by atoms with Gasteiger partial charge < -0.3 is 25.0 Å². The fourth-order valence-corrected chi connectivity index (χ4v) is 12.8. The van der Waals surface area contributed by atoms with Gasteiger partial charge in [0.25, 0.3) is 21.6 Å². The number of anilines is 2. The van der Waals surface area contributed by atoms with Crippen molar-refractivity contribution in [2.45, 2.75) is 107 Å². The number of aliphatic hydroxyl groups is 1. The molecule has 17 heteroatoms. The third-order valence-electron chi connectivity index (χ3n) is 16.1. The van der Waals surface area contributed by atoms with E-state index in [1.54, 1.807) is 42.6 Å². The molecule has 6 aromatic rings. The molecule has 2 aromatic heterocycles. The monoisotopic (exact) mass is 1010 g/mol. The SMILES string of the molecule is CC(C)c1ccccc1C1CN(Cc2ccccc2F)CCN1C1CC2(CCN(c3ccc(C(=O)NS(=O)(=O)c4ccc(NCC5CCC(C)(O)CC5)c([N+](=O)[O-])c4)c(Oc4cnc5[nH]ccc5c4)c3)CC2)C1. The van der Waals surface area contributed by atoms with Crippen LogP contribution in [0.25, 0.3) is 11.0 Å². The van der Waals surface area contributed by atoms with Gasteiger partial charge in [-0.2, -0.15) is 0 Å². The van der Waals surface area contributed by atoms with Gasteiger partial charge in [-0.15, -0.1) is 0 Å². The second-order valence-corrected chi connectivity index (χ2v) is 23.2. The smallest absolute Gasteiger partial charge is 0.293 e. The van der Waals surface area contributed by atoms with Gasteiger partial charge in [0.2, 0.25) is 0 Å². The number of fused-ring (bicyclic) bond motifs is 1. The fourth-order valence-electron chi connectivity index (χ4n) is 11.8. The number of piperazine rings is 1. The van der Waals surface area contributed by atoms with Gasteiger partial charge in [0.05, 0.1) is 27.2 Å². The van der Waals surface area contributed by atoms with Crippen molar-refractivity contribution in [2.24, 2.45) is 11.3 Å². The highest BCUT2D eigenvalue weighted by atomic mass is 32.2. The molecule has 4 aliphatic rings. The molecule has 4 fully saturated rings. The van der Waals surface area contributed by atoms with Crippen LogP contribution in [0.15, 0.2) is 114 Å². The number of nitrogens with zero attached hydrogens (tertiary/aromatic N) is 5. The molecule has 4 aromatic carbocycles. The Morgan fingerprint density at radius 2 is 1.71 bits per heavy atom. The quantitative estimate of drug-likeness (QED) is 0.0564. The standard InChI is InChI=1S/C56H65FN8O7S/c1-37(2)45-9-5-6-10-46(45)51-36-62(35-40-8-4-7-11-48(40)57)26-27-64(51)42-31-56(32-42)21-24-63(25-22-56)41-12-14-47(52(29-41)72-43-28-39-18-23-58-53(39)60-34-43)54(66)61-73(70,71)44-13-15-49(50(30-44)65(68)69)59-33-38-16-19-55(3,67)20-17-38/h4-15,18,23,28-30,34,37-38,42,51,59,67H,16-17,19-22,24-27,31-33,35-36H2,1-3H3,(H,58,60)(H,61,66). The maximum Gasteiger partial charge on any atom is 0.293 e. The highest BCUT2D eigenvalue weighted by Crippen LogP contribution is 2.53. The Morgan fingerprint density at radius 1 is 0.959 bits per heavy atom. The summed E-state index contributed by atoms with van der Waals surface area (Å²) >= 11 is 0. The van der Waals surface area contributed by atoms with E-state index in [9.17, 15) is 32.8 Å². The number of nitro benzene ring substituents is 1. The van der Waals surface area contributed by atoms with Crippen molar-refractivity contribution >= 4 is 44.0 Å². The maximum absolute atomic E-state index is 14.8. The molecular weight excluding hydrogens is 948 g/mol. The number of carbonyl (C=O) groups is 1. The number of aromatic nitrogens is 2. The van der Waals surface area contributed by atoms with Gasteiger partial charge in [-0.1, -0.05) is 56.3 Å². The summed E-state index contributed by atoms with van der Waals surface area (Å²) in [5.41, 5.74) is 4.08. The minimum atomic E-state index is -4.60. The van der Waals surface area contributed by atoms with E-state index in [1.165, 1.54) is 29.5 Å². The predicted molar refractivity (Wildman–Crippen MR) is 280 cm³/mol. The summed E-state index contributed by atoms with van der Waals surface area (Å²) < 4.78 is 51.0. The van der Waals surface area contributed by atoms with E-state index in [4.69, 9.17) is 4.74 Å². The molecule has 384 valence electrons. The van der Waals surface area contributed by atoms with E-state index in [0.717, 1.165) is 94.0 Å². The highest BCUT2D eigenvalue weighted by Gasteiger charge is 2.50. The van der Waals surface area contributed by atoms with Crippen LogP contribution in [-0.2, 0) is 16.6 Å². The van der Waals surface area contributed by atoms with Crippen molar-refractivity contribution in [2.75, 3.05) is 49.5 Å².